The van der Waals surface area contributed by atoms with Gasteiger partial charge in [-0.25, -0.2) is 4.39 Å². The van der Waals surface area contributed by atoms with Gasteiger partial charge in [-0.3, -0.25) is 24.2 Å². The molecule has 13 heteroatoms. The molecule has 1 aliphatic carbocycles. The van der Waals surface area contributed by atoms with Crippen LogP contribution in [-0.2, 0) is 42.0 Å². The number of esters is 1. The molecule has 11 nitrogen and oxygen atoms in total. The van der Waals surface area contributed by atoms with E-state index in [-0.39, 0.29) is 52.4 Å². The molecule has 3 aromatic rings. The van der Waals surface area contributed by atoms with Gasteiger partial charge in [0.1, 0.15) is 5.82 Å². The summed E-state index contributed by atoms with van der Waals surface area (Å²) in [7, 11) is 5.07. The number of ketones is 1. The fourth-order valence-electron chi connectivity index (χ4n) is 8.28. The highest BCUT2D eigenvalue weighted by Crippen LogP contribution is 2.40. The van der Waals surface area contributed by atoms with Crippen LogP contribution in [0.1, 0.15) is 67.8 Å². The Kier molecular flexibility index (Phi) is 12.3. The van der Waals surface area contributed by atoms with Crippen LogP contribution in [0.4, 0.5) is 10.1 Å². The number of anilines is 1. The van der Waals surface area contributed by atoms with Crippen LogP contribution in [-0.4, -0.2) is 97.3 Å². The first-order valence-corrected chi connectivity index (χ1v) is 18.7. The number of ether oxygens (including phenoxy) is 4. The Morgan fingerprint density at radius 1 is 1.00 bits per heavy atom. The number of hydrogen-bond acceptors (Lipinski definition) is 9. The third-order valence-corrected chi connectivity index (χ3v) is 11.2. The average Bonchev–Trinajstić information content (AvgIpc) is 3.92. The van der Waals surface area contributed by atoms with Crippen molar-refractivity contribution >= 4 is 45.9 Å². The highest BCUT2D eigenvalue weighted by atomic mass is 35.5. The van der Waals surface area contributed by atoms with Gasteiger partial charge in [-0.2, -0.15) is 0 Å². The Balaban J connectivity index is 1.28. The van der Waals surface area contributed by atoms with Crippen molar-refractivity contribution in [1.29, 1.82) is 0 Å². The molecule has 1 saturated carbocycles. The number of carbonyl (C=O) groups excluding carboxylic acids is 3. The van der Waals surface area contributed by atoms with Crippen LogP contribution < -0.4 is 5.32 Å². The highest BCUT2D eigenvalue weighted by molar-refractivity contribution is 6.34. The number of benzene rings is 2. The van der Waals surface area contributed by atoms with Gasteiger partial charge in [0.2, 0.25) is 5.85 Å². The molecule has 3 aliphatic rings. The molecule has 2 aliphatic heterocycles. The first-order valence-electron chi connectivity index (χ1n) is 18.4. The van der Waals surface area contributed by atoms with E-state index in [0.29, 0.717) is 64.0 Å². The molecule has 0 bridgehead atoms. The van der Waals surface area contributed by atoms with E-state index in [4.69, 9.17) is 30.5 Å². The minimum absolute atomic E-state index is 0.0104. The van der Waals surface area contributed by atoms with E-state index >= 15 is 4.39 Å². The summed E-state index contributed by atoms with van der Waals surface area (Å²) in [6.07, 6.45) is 5.59. The molecule has 1 unspecified atom stereocenters. The SMILES string of the molecule is CCOC(=O)C1CCC(OC(C(=O)Cc2cc(Cl)c(NC(=O)c3cn(C)c4ccccc34)cc2F)(N2CCCC2)N2CC[C@H](C(OC)OC)C2)CC1. The van der Waals surface area contributed by atoms with Gasteiger partial charge in [0.15, 0.2) is 12.1 Å². The molecule has 1 aromatic heterocycles. The van der Waals surface area contributed by atoms with Crippen molar-refractivity contribution in [2.24, 2.45) is 18.9 Å². The summed E-state index contributed by atoms with van der Waals surface area (Å²) in [5, 5.41) is 3.65. The van der Waals surface area contributed by atoms with Crippen LogP contribution in [0.2, 0.25) is 5.02 Å². The summed E-state index contributed by atoms with van der Waals surface area (Å²) < 4.78 is 41.5. The van der Waals surface area contributed by atoms with Gasteiger partial charge in [0.25, 0.3) is 5.91 Å². The van der Waals surface area contributed by atoms with Crippen molar-refractivity contribution in [3.63, 3.8) is 0 Å². The number of aryl methyl sites for hydroxylation is 1. The number of Topliss-reactive ketones (excluding diaryl/α,β-unsaturated/α-hetero) is 1. The normalized spacial score (nSPS) is 22.6. The van der Waals surface area contributed by atoms with Crippen LogP contribution in [0.5, 0.6) is 0 Å². The monoisotopic (exact) mass is 740 g/mol. The second kappa shape index (κ2) is 16.7. The van der Waals surface area contributed by atoms with Crippen LogP contribution in [0, 0.1) is 17.7 Å². The third kappa shape index (κ3) is 7.78. The van der Waals surface area contributed by atoms with Gasteiger partial charge in [0, 0.05) is 76.9 Å². The van der Waals surface area contributed by atoms with Crippen molar-refractivity contribution in [2.45, 2.75) is 76.5 Å². The Hall–Kier alpha value is -3.39. The van der Waals surface area contributed by atoms with Gasteiger partial charge in [-0.15, -0.1) is 0 Å². The standard InChI is InChI=1S/C39H50ClFN4O7/c1-5-51-37(48)25-12-14-28(15-13-25)52-39(44-17-8-9-18-44,45-19-16-26(23-45)38(49-3)50-4)35(46)21-27-20-31(40)33(22-32(27)41)42-36(47)30-24-43(2)34-11-7-6-10-29(30)34/h6-7,10-11,20,22,24-26,28,38H,5,8-9,12-19,21,23H2,1-4H3,(H,42,47)/t25?,26-,28?,39?/m0/s1. The van der Waals surface area contributed by atoms with E-state index in [2.05, 4.69) is 15.1 Å². The van der Waals surface area contributed by atoms with Crippen molar-refractivity contribution in [2.75, 3.05) is 52.3 Å². The predicted octanol–water partition coefficient (Wildman–Crippen LogP) is 6.16. The van der Waals surface area contributed by atoms with Gasteiger partial charge in [0.05, 0.1) is 34.9 Å². The number of methoxy groups -OCH3 is 2. The van der Waals surface area contributed by atoms with E-state index in [1.165, 1.54) is 12.1 Å². The van der Waals surface area contributed by atoms with Gasteiger partial charge >= 0.3 is 5.97 Å². The molecule has 0 radical (unpaired) electrons. The Labute approximate surface area is 309 Å². The molecule has 6 rings (SSSR count). The summed E-state index contributed by atoms with van der Waals surface area (Å²) in [4.78, 5) is 45.0. The van der Waals surface area contributed by atoms with Crippen LogP contribution >= 0.6 is 11.6 Å². The lowest BCUT2D eigenvalue weighted by Gasteiger charge is -2.48. The number of halogens is 2. The Morgan fingerprint density at radius 3 is 2.40 bits per heavy atom. The van der Waals surface area contributed by atoms with Gasteiger partial charge < -0.3 is 28.8 Å². The highest BCUT2D eigenvalue weighted by Gasteiger charge is 2.55. The smallest absolute Gasteiger partial charge is 0.308 e. The number of likely N-dealkylation sites (tertiary alicyclic amines) is 2. The van der Waals surface area contributed by atoms with Crippen molar-refractivity contribution in [3.8, 4) is 0 Å². The number of fused-ring (bicyclic) bond motifs is 1. The zero-order valence-corrected chi connectivity index (χ0v) is 31.3. The lowest BCUT2D eigenvalue weighted by atomic mass is 9.87. The summed E-state index contributed by atoms with van der Waals surface area (Å²) in [6, 6.07) is 10.1. The fourth-order valence-corrected chi connectivity index (χ4v) is 8.52. The van der Waals surface area contributed by atoms with Crippen molar-refractivity contribution < 1.29 is 37.7 Å². The summed E-state index contributed by atoms with van der Waals surface area (Å²) in [5.74, 6) is -3.25. The van der Waals surface area contributed by atoms with E-state index in [0.717, 1.165) is 30.2 Å². The summed E-state index contributed by atoms with van der Waals surface area (Å²) in [6.45, 7) is 4.46. The summed E-state index contributed by atoms with van der Waals surface area (Å²) >= 11 is 6.70. The van der Waals surface area contributed by atoms with Crippen LogP contribution in [0.25, 0.3) is 10.9 Å². The number of hydrogen-bond donors (Lipinski definition) is 1. The van der Waals surface area contributed by atoms with Gasteiger partial charge in [-0.1, -0.05) is 29.8 Å². The quantitative estimate of drug-likeness (QED) is 0.153. The zero-order chi connectivity index (χ0) is 37.0. The van der Waals surface area contributed by atoms with E-state index in [9.17, 15) is 14.4 Å². The molecular formula is C39H50ClFN4O7. The lowest BCUT2D eigenvalue weighted by Crippen LogP contribution is -2.67. The zero-order valence-electron chi connectivity index (χ0n) is 30.5. The van der Waals surface area contributed by atoms with Crippen molar-refractivity contribution in [3.05, 3.63) is 64.6 Å². The molecule has 1 amide bonds. The number of amides is 1. The number of nitrogens with one attached hydrogen (secondary N) is 1. The molecule has 52 heavy (non-hydrogen) atoms. The lowest BCUT2D eigenvalue weighted by molar-refractivity contribution is -0.254. The van der Waals surface area contributed by atoms with E-state index in [1.54, 1.807) is 27.3 Å². The molecule has 3 fully saturated rings. The maximum Gasteiger partial charge on any atom is 0.308 e. The third-order valence-electron chi connectivity index (χ3n) is 10.9. The molecule has 1 N–H and O–H groups in total. The number of rotatable bonds is 14. The molecule has 0 spiro atoms. The van der Waals surface area contributed by atoms with E-state index in [1.807, 2.05) is 35.9 Å². The minimum Gasteiger partial charge on any atom is -0.466 e. The predicted molar refractivity (Wildman–Crippen MR) is 195 cm³/mol. The second-order valence-electron chi connectivity index (χ2n) is 14.1. The molecule has 2 aromatic carbocycles. The second-order valence-corrected chi connectivity index (χ2v) is 14.5. The first kappa shape index (κ1) is 38.3. The average molecular weight is 741 g/mol. The maximum absolute atomic E-state index is 16.0. The van der Waals surface area contributed by atoms with Crippen LogP contribution in [0.15, 0.2) is 42.6 Å². The topological polar surface area (TPSA) is 112 Å². The van der Waals surface area contributed by atoms with Crippen LogP contribution in [0.3, 0.4) is 0 Å². The number of nitrogens with zero attached hydrogens (tertiary/aromatic N) is 3. The fraction of sp³-hybridized carbons (Fsp3) is 0.564. The minimum atomic E-state index is -1.47. The molecular weight excluding hydrogens is 691 g/mol. The molecule has 2 saturated heterocycles. The van der Waals surface area contributed by atoms with Gasteiger partial charge in [-0.05, 0) is 75.6 Å². The number of aromatic nitrogens is 1. The van der Waals surface area contributed by atoms with E-state index < -0.39 is 23.9 Å². The first-order chi connectivity index (χ1) is 25.1. The largest absolute Gasteiger partial charge is 0.466 e. The number of para-hydroxylation sites is 1. The Bertz CT molecular complexity index is 1750. The molecule has 282 valence electrons. The molecule has 3 heterocycles. The number of carbonyl (C=O) groups is 3. The maximum atomic E-state index is 16.0. The Morgan fingerprint density at radius 2 is 1.71 bits per heavy atom. The van der Waals surface area contributed by atoms with Crippen molar-refractivity contribution in [1.82, 2.24) is 14.4 Å². The molecule has 2 atom stereocenters. The summed E-state index contributed by atoms with van der Waals surface area (Å²) in [5.41, 5.74) is 1.55.